The second kappa shape index (κ2) is 9.10. The first-order valence-electron chi connectivity index (χ1n) is 6.74. The molecule has 2 N–H and O–H groups in total. The number of nitrogens with one attached hydrogen (secondary N) is 1. The molecule has 0 aromatic heterocycles. The summed E-state index contributed by atoms with van der Waals surface area (Å²) in [5, 5.41) is 11.7. The van der Waals surface area contributed by atoms with Crippen LogP contribution in [0.25, 0.3) is 0 Å². The summed E-state index contributed by atoms with van der Waals surface area (Å²) in [7, 11) is 1.58. The van der Waals surface area contributed by atoms with E-state index in [1.807, 2.05) is 0 Å². The first-order valence-corrected chi connectivity index (χ1v) is 6.74. The van der Waals surface area contributed by atoms with Gasteiger partial charge in [-0.15, -0.1) is 0 Å². The number of carboxylic acid groups (broad SMARTS) is 1. The van der Waals surface area contributed by atoms with Crippen molar-refractivity contribution < 1.29 is 24.2 Å². The Labute approximate surface area is 124 Å². The van der Waals surface area contributed by atoms with Crippen LogP contribution in [-0.2, 0) is 19.1 Å². The molecule has 0 aliphatic rings. The van der Waals surface area contributed by atoms with Crippen LogP contribution in [-0.4, -0.2) is 43.9 Å². The lowest BCUT2D eigenvalue weighted by atomic mass is 10.0. The highest BCUT2D eigenvalue weighted by atomic mass is 16.5. The molecular weight excluding hydrogens is 274 g/mol. The highest BCUT2D eigenvalue weighted by Crippen LogP contribution is 2.19. The fourth-order valence-corrected chi connectivity index (χ4v) is 1.66. The molecule has 1 aromatic carbocycles. The summed E-state index contributed by atoms with van der Waals surface area (Å²) in [6.45, 7) is 2.87. The predicted octanol–water partition coefficient (Wildman–Crippen LogP) is 1.87. The van der Waals surface area contributed by atoms with E-state index in [2.05, 4.69) is 5.32 Å². The molecule has 1 aromatic rings. The number of hydrogen-bond acceptors (Lipinski definition) is 4. The second-order valence-electron chi connectivity index (χ2n) is 4.59. The summed E-state index contributed by atoms with van der Waals surface area (Å²) < 4.78 is 10.0. The maximum atomic E-state index is 11.7. The van der Waals surface area contributed by atoms with Gasteiger partial charge < -0.3 is 19.9 Å². The lowest BCUT2D eigenvalue weighted by Gasteiger charge is -2.10. The van der Waals surface area contributed by atoms with Crippen molar-refractivity contribution in [1.82, 2.24) is 0 Å². The van der Waals surface area contributed by atoms with E-state index in [1.54, 1.807) is 38.3 Å². The van der Waals surface area contributed by atoms with Gasteiger partial charge in [-0.2, -0.15) is 0 Å². The molecular formula is C15H21NO5. The SMILES string of the molecule is COCCOCCC(=O)Nc1cccc(C(C)C(=O)O)c1. The molecule has 0 aliphatic carbocycles. The molecule has 0 aliphatic heterocycles. The van der Waals surface area contributed by atoms with Crippen LogP contribution >= 0.6 is 0 Å². The third-order valence-corrected chi connectivity index (χ3v) is 2.95. The van der Waals surface area contributed by atoms with Crippen LogP contribution in [0, 0.1) is 0 Å². The number of rotatable bonds is 9. The Hall–Kier alpha value is -1.92. The Bertz CT molecular complexity index is 475. The van der Waals surface area contributed by atoms with Gasteiger partial charge in [0, 0.05) is 12.8 Å². The topological polar surface area (TPSA) is 84.9 Å². The maximum Gasteiger partial charge on any atom is 0.310 e. The van der Waals surface area contributed by atoms with Crippen molar-refractivity contribution in [1.29, 1.82) is 0 Å². The summed E-state index contributed by atoms with van der Waals surface area (Å²) in [6.07, 6.45) is 0.239. The number of hydrogen-bond donors (Lipinski definition) is 2. The van der Waals surface area contributed by atoms with Gasteiger partial charge in [-0.1, -0.05) is 12.1 Å². The minimum atomic E-state index is -0.898. The van der Waals surface area contributed by atoms with Gasteiger partial charge in [-0.25, -0.2) is 0 Å². The van der Waals surface area contributed by atoms with E-state index in [1.165, 1.54) is 0 Å². The summed E-state index contributed by atoms with van der Waals surface area (Å²) in [5.74, 6) is -1.68. The van der Waals surface area contributed by atoms with Gasteiger partial charge in [-0.05, 0) is 24.6 Å². The number of aliphatic carboxylic acids is 1. The van der Waals surface area contributed by atoms with Crippen molar-refractivity contribution in [2.24, 2.45) is 0 Å². The first-order chi connectivity index (χ1) is 10.0. The molecule has 0 spiro atoms. The number of anilines is 1. The zero-order valence-electron chi connectivity index (χ0n) is 12.3. The third kappa shape index (κ3) is 6.37. The van der Waals surface area contributed by atoms with Crippen LogP contribution in [0.5, 0.6) is 0 Å². The lowest BCUT2D eigenvalue weighted by molar-refractivity contribution is -0.138. The monoisotopic (exact) mass is 295 g/mol. The molecule has 0 saturated heterocycles. The molecule has 0 radical (unpaired) electrons. The van der Waals surface area contributed by atoms with Crippen LogP contribution in [0.1, 0.15) is 24.8 Å². The largest absolute Gasteiger partial charge is 0.481 e. The normalized spacial score (nSPS) is 11.9. The minimum absolute atomic E-state index is 0.174. The van der Waals surface area contributed by atoms with Crippen LogP contribution in [0.4, 0.5) is 5.69 Å². The van der Waals surface area contributed by atoms with Gasteiger partial charge in [0.25, 0.3) is 0 Å². The number of carbonyl (C=O) groups excluding carboxylic acids is 1. The van der Waals surface area contributed by atoms with Gasteiger partial charge in [0.05, 0.1) is 32.2 Å². The zero-order chi connectivity index (χ0) is 15.7. The fraction of sp³-hybridized carbons (Fsp3) is 0.467. The number of amides is 1. The summed E-state index contributed by atoms with van der Waals surface area (Å²) in [5.41, 5.74) is 1.24. The van der Waals surface area contributed by atoms with E-state index in [4.69, 9.17) is 14.6 Å². The molecule has 1 rings (SSSR count). The first kappa shape index (κ1) is 17.1. The quantitative estimate of drug-likeness (QED) is 0.679. The van der Waals surface area contributed by atoms with E-state index in [-0.39, 0.29) is 12.3 Å². The van der Waals surface area contributed by atoms with Gasteiger partial charge in [0.15, 0.2) is 0 Å². The van der Waals surface area contributed by atoms with Gasteiger partial charge in [-0.3, -0.25) is 9.59 Å². The smallest absolute Gasteiger partial charge is 0.310 e. The molecule has 1 amide bonds. The number of ether oxygens (including phenoxy) is 2. The summed E-state index contributed by atoms with van der Waals surface area (Å²) >= 11 is 0. The Morgan fingerprint density at radius 2 is 2.05 bits per heavy atom. The molecule has 0 heterocycles. The van der Waals surface area contributed by atoms with Crippen molar-refractivity contribution >= 4 is 17.6 Å². The van der Waals surface area contributed by atoms with Crippen LogP contribution in [0.15, 0.2) is 24.3 Å². The van der Waals surface area contributed by atoms with E-state index in [0.717, 1.165) is 0 Å². The van der Waals surface area contributed by atoms with E-state index >= 15 is 0 Å². The Balaban J connectivity index is 2.45. The highest BCUT2D eigenvalue weighted by molar-refractivity contribution is 5.91. The molecule has 1 atom stereocenters. The molecule has 116 valence electrons. The van der Waals surface area contributed by atoms with Gasteiger partial charge in [0.1, 0.15) is 0 Å². The van der Waals surface area contributed by atoms with Crippen LogP contribution < -0.4 is 5.32 Å². The van der Waals surface area contributed by atoms with Crippen molar-refractivity contribution in [3.05, 3.63) is 29.8 Å². The Morgan fingerprint density at radius 3 is 2.71 bits per heavy atom. The zero-order valence-corrected chi connectivity index (χ0v) is 12.3. The standard InChI is InChI=1S/C15H21NO5/c1-11(15(18)19)12-4-3-5-13(10-12)16-14(17)6-7-21-9-8-20-2/h3-5,10-11H,6-9H2,1-2H3,(H,16,17)(H,18,19). The molecule has 6 heteroatoms. The van der Waals surface area contributed by atoms with Crippen LogP contribution in [0.2, 0.25) is 0 Å². The molecule has 0 fully saturated rings. The number of carboxylic acids is 1. The molecule has 0 bridgehead atoms. The van der Waals surface area contributed by atoms with Crippen molar-refractivity contribution in [3.8, 4) is 0 Å². The van der Waals surface area contributed by atoms with E-state index in [0.29, 0.717) is 31.1 Å². The number of benzene rings is 1. The molecule has 6 nitrogen and oxygen atoms in total. The third-order valence-electron chi connectivity index (χ3n) is 2.95. The predicted molar refractivity (Wildman–Crippen MR) is 78.4 cm³/mol. The average molecular weight is 295 g/mol. The minimum Gasteiger partial charge on any atom is -0.481 e. The Morgan fingerprint density at radius 1 is 1.29 bits per heavy atom. The Kier molecular flexibility index (Phi) is 7.42. The number of methoxy groups -OCH3 is 1. The highest BCUT2D eigenvalue weighted by Gasteiger charge is 2.14. The fourth-order valence-electron chi connectivity index (χ4n) is 1.66. The lowest BCUT2D eigenvalue weighted by Crippen LogP contribution is -2.15. The summed E-state index contributed by atoms with van der Waals surface area (Å²) in [6, 6.07) is 6.84. The second-order valence-corrected chi connectivity index (χ2v) is 4.59. The van der Waals surface area contributed by atoms with E-state index in [9.17, 15) is 9.59 Å². The van der Waals surface area contributed by atoms with E-state index < -0.39 is 11.9 Å². The molecule has 1 unspecified atom stereocenters. The average Bonchev–Trinajstić information content (AvgIpc) is 2.46. The van der Waals surface area contributed by atoms with Crippen molar-refractivity contribution in [3.63, 3.8) is 0 Å². The van der Waals surface area contributed by atoms with Crippen LogP contribution in [0.3, 0.4) is 0 Å². The van der Waals surface area contributed by atoms with Gasteiger partial charge in [0.2, 0.25) is 5.91 Å². The molecule has 0 saturated carbocycles. The van der Waals surface area contributed by atoms with Crippen molar-refractivity contribution in [2.75, 3.05) is 32.2 Å². The van der Waals surface area contributed by atoms with Gasteiger partial charge >= 0.3 is 5.97 Å². The number of carbonyl (C=O) groups is 2. The maximum absolute atomic E-state index is 11.7. The summed E-state index contributed by atoms with van der Waals surface area (Å²) in [4.78, 5) is 22.7. The van der Waals surface area contributed by atoms with Crippen molar-refractivity contribution in [2.45, 2.75) is 19.3 Å². The molecule has 21 heavy (non-hydrogen) atoms.